The number of nitrogens with zero attached hydrogens (tertiary/aromatic N) is 1. The third-order valence-electron chi connectivity index (χ3n) is 4.02. The van der Waals surface area contributed by atoms with E-state index in [0.717, 1.165) is 10.9 Å². The molecule has 1 aliphatic rings. The normalized spacial score (nSPS) is 18.2. The SMILES string of the molecule is CC(=O)N1CCC[C@H](C(=O)NNC(=O)[C@@H](C)Oc2cccc(Br)c2)C1. The zero-order valence-electron chi connectivity index (χ0n) is 14.3. The standard InChI is InChI=1S/C17H22BrN3O4/c1-11(25-15-7-3-6-14(18)9-15)16(23)19-20-17(24)13-5-4-8-21(10-13)12(2)22/h3,6-7,9,11,13H,4-5,8,10H2,1-2H3,(H,19,23)(H,20,24)/t11-,13+/m1/s1. The van der Waals surface area contributed by atoms with Gasteiger partial charge < -0.3 is 9.64 Å². The molecule has 2 N–H and O–H groups in total. The van der Waals surface area contributed by atoms with E-state index in [1.165, 1.54) is 6.92 Å². The van der Waals surface area contributed by atoms with Gasteiger partial charge in [0, 0.05) is 24.5 Å². The lowest BCUT2D eigenvalue weighted by molar-refractivity contribution is -0.137. The summed E-state index contributed by atoms with van der Waals surface area (Å²) >= 11 is 3.33. The molecule has 2 atom stereocenters. The summed E-state index contributed by atoms with van der Waals surface area (Å²) in [5.41, 5.74) is 4.80. The molecule has 1 saturated heterocycles. The highest BCUT2D eigenvalue weighted by Gasteiger charge is 2.27. The molecule has 1 aliphatic heterocycles. The summed E-state index contributed by atoms with van der Waals surface area (Å²) in [6.07, 6.45) is 0.693. The van der Waals surface area contributed by atoms with Gasteiger partial charge in [-0.3, -0.25) is 25.2 Å². The van der Waals surface area contributed by atoms with E-state index in [1.807, 2.05) is 6.07 Å². The van der Waals surface area contributed by atoms with E-state index in [9.17, 15) is 14.4 Å². The van der Waals surface area contributed by atoms with Crippen molar-refractivity contribution in [2.75, 3.05) is 13.1 Å². The van der Waals surface area contributed by atoms with Crippen LogP contribution in [0.1, 0.15) is 26.7 Å². The van der Waals surface area contributed by atoms with Crippen LogP contribution in [0.15, 0.2) is 28.7 Å². The largest absolute Gasteiger partial charge is 0.481 e. The average Bonchev–Trinajstić information content (AvgIpc) is 2.59. The van der Waals surface area contributed by atoms with Crippen molar-refractivity contribution in [2.24, 2.45) is 5.92 Å². The Labute approximate surface area is 155 Å². The van der Waals surface area contributed by atoms with Gasteiger partial charge in [0.1, 0.15) is 5.75 Å². The third-order valence-corrected chi connectivity index (χ3v) is 4.52. The first-order valence-corrected chi connectivity index (χ1v) is 8.93. The number of ether oxygens (including phenoxy) is 1. The van der Waals surface area contributed by atoms with Gasteiger partial charge in [0.05, 0.1) is 5.92 Å². The first kappa shape index (κ1) is 19.2. The van der Waals surface area contributed by atoms with Gasteiger partial charge in [-0.05, 0) is 38.0 Å². The molecule has 1 heterocycles. The van der Waals surface area contributed by atoms with Gasteiger partial charge in [-0.25, -0.2) is 0 Å². The van der Waals surface area contributed by atoms with Crippen molar-refractivity contribution < 1.29 is 19.1 Å². The lowest BCUT2D eigenvalue weighted by atomic mass is 9.97. The maximum Gasteiger partial charge on any atom is 0.279 e. The lowest BCUT2D eigenvalue weighted by Crippen LogP contribution is -2.52. The number of hydrazine groups is 1. The molecule has 0 bridgehead atoms. The van der Waals surface area contributed by atoms with Crippen LogP contribution in [0.2, 0.25) is 0 Å². The van der Waals surface area contributed by atoms with Crippen LogP contribution in [0.5, 0.6) is 5.75 Å². The number of hydrogen-bond donors (Lipinski definition) is 2. The summed E-state index contributed by atoms with van der Waals surface area (Å²) < 4.78 is 6.38. The summed E-state index contributed by atoms with van der Waals surface area (Å²) in [5, 5.41) is 0. The number of benzene rings is 1. The van der Waals surface area contributed by atoms with Crippen molar-refractivity contribution in [3.05, 3.63) is 28.7 Å². The molecule has 25 heavy (non-hydrogen) atoms. The Morgan fingerprint density at radius 2 is 2.08 bits per heavy atom. The van der Waals surface area contributed by atoms with Gasteiger partial charge in [0.2, 0.25) is 11.8 Å². The first-order chi connectivity index (χ1) is 11.9. The Kier molecular flexibility index (Phi) is 6.81. The van der Waals surface area contributed by atoms with Crippen LogP contribution >= 0.6 is 15.9 Å². The molecule has 3 amide bonds. The minimum atomic E-state index is -0.769. The Balaban J connectivity index is 1.80. The highest BCUT2D eigenvalue weighted by molar-refractivity contribution is 9.10. The summed E-state index contributed by atoms with van der Waals surface area (Å²) in [6.45, 7) is 4.13. The molecule has 0 radical (unpaired) electrons. The van der Waals surface area contributed by atoms with Crippen LogP contribution in [-0.4, -0.2) is 41.8 Å². The number of carbonyl (C=O) groups is 3. The summed E-state index contributed by atoms with van der Waals surface area (Å²) in [6, 6.07) is 7.15. The fourth-order valence-corrected chi connectivity index (χ4v) is 2.98. The Morgan fingerprint density at radius 3 is 2.76 bits per heavy atom. The van der Waals surface area contributed by atoms with E-state index >= 15 is 0 Å². The number of hydrogen-bond acceptors (Lipinski definition) is 4. The molecule has 7 nitrogen and oxygen atoms in total. The number of amides is 3. The summed E-state index contributed by atoms with van der Waals surface area (Å²) in [7, 11) is 0. The van der Waals surface area contributed by atoms with Crippen LogP contribution in [0.3, 0.4) is 0 Å². The Morgan fingerprint density at radius 1 is 1.32 bits per heavy atom. The van der Waals surface area contributed by atoms with Crippen LogP contribution in [0.25, 0.3) is 0 Å². The van der Waals surface area contributed by atoms with Gasteiger partial charge in [0.25, 0.3) is 5.91 Å². The minimum absolute atomic E-state index is 0.0439. The van der Waals surface area contributed by atoms with E-state index < -0.39 is 12.0 Å². The average molecular weight is 412 g/mol. The van der Waals surface area contributed by atoms with Gasteiger partial charge >= 0.3 is 0 Å². The highest BCUT2D eigenvalue weighted by atomic mass is 79.9. The summed E-state index contributed by atoms with van der Waals surface area (Å²) in [4.78, 5) is 37.3. The van der Waals surface area contributed by atoms with Crippen LogP contribution in [0.4, 0.5) is 0 Å². The van der Waals surface area contributed by atoms with E-state index in [0.29, 0.717) is 25.3 Å². The molecule has 1 aromatic rings. The molecule has 0 aromatic heterocycles. The van der Waals surface area contributed by atoms with Crippen molar-refractivity contribution in [3.8, 4) is 5.75 Å². The number of likely N-dealkylation sites (tertiary alicyclic amines) is 1. The lowest BCUT2D eigenvalue weighted by Gasteiger charge is -2.31. The van der Waals surface area contributed by atoms with E-state index in [2.05, 4.69) is 26.8 Å². The van der Waals surface area contributed by atoms with Gasteiger partial charge in [0.15, 0.2) is 6.10 Å². The van der Waals surface area contributed by atoms with Crippen LogP contribution < -0.4 is 15.6 Å². The number of piperidine rings is 1. The third kappa shape index (κ3) is 5.74. The number of nitrogens with one attached hydrogen (secondary N) is 2. The van der Waals surface area contributed by atoms with Gasteiger partial charge in [-0.1, -0.05) is 22.0 Å². The van der Waals surface area contributed by atoms with Crippen molar-refractivity contribution in [2.45, 2.75) is 32.8 Å². The highest BCUT2D eigenvalue weighted by Crippen LogP contribution is 2.19. The second-order valence-corrected chi connectivity index (χ2v) is 6.92. The molecule has 1 aromatic carbocycles. The van der Waals surface area contributed by atoms with Crippen molar-refractivity contribution in [3.63, 3.8) is 0 Å². The van der Waals surface area contributed by atoms with Crippen molar-refractivity contribution in [1.29, 1.82) is 0 Å². The predicted octanol–water partition coefficient (Wildman–Crippen LogP) is 1.62. The second-order valence-electron chi connectivity index (χ2n) is 6.00. The molecule has 0 spiro atoms. The molecule has 8 heteroatoms. The maximum absolute atomic E-state index is 12.2. The topological polar surface area (TPSA) is 87.7 Å². The van der Waals surface area contributed by atoms with E-state index in [4.69, 9.17) is 4.74 Å². The molecule has 0 aliphatic carbocycles. The van der Waals surface area contributed by atoms with E-state index in [1.54, 1.807) is 30.0 Å². The first-order valence-electron chi connectivity index (χ1n) is 8.14. The molecule has 0 unspecified atom stereocenters. The zero-order valence-corrected chi connectivity index (χ0v) is 15.8. The summed E-state index contributed by atoms with van der Waals surface area (Å²) in [5.74, 6) is -0.564. The smallest absolute Gasteiger partial charge is 0.279 e. The van der Waals surface area contributed by atoms with Crippen molar-refractivity contribution >= 4 is 33.7 Å². The molecule has 2 rings (SSSR count). The molecular formula is C17H22BrN3O4. The maximum atomic E-state index is 12.2. The van der Waals surface area contributed by atoms with E-state index in [-0.39, 0.29) is 17.7 Å². The number of halogens is 1. The Hall–Kier alpha value is -2.09. The zero-order chi connectivity index (χ0) is 18.4. The second kappa shape index (κ2) is 8.84. The van der Waals surface area contributed by atoms with Gasteiger partial charge in [-0.2, -0.15) is 0 Å². The fraction of sp³-hybridized carbons (Fsp3) is 0.471. The molecule has 0 saturated carbocycles. The predicted molar refractivity (Wildman–Crippen MR) is 95.5 cm³/mol. The monoisotopic (exact) mass is 411 g/mol. The minimum Gasteiger partial charge on any atom is -0.481 e. The number of carbonyl (C=O) groups excluding carboxylic acids is 3. The molecule has 136 valence electrons. The number of rotatable bonds is 4. The van der Waals surface area contributed by atoms with Crippen LogP contribution in [-0.2, 0) is 14.4 Å². The molecular weight excluding hydrogens is 390 g/mol. The quantitative estimate of drug-likeness (QED) is 0.736. The fourth-order valence-electron chi connectivity index (χ4n) is 2.60. The molecule has 1 fully saturated rings. The Bertz CT molecular complexity index is 653. The van der Waals surface area contributed by atoms with Crippen LogP contribution in [0, 0.1) is 5.92 Å². The van der Waals surface area contributed by atoms with Crippen molar-refractivity contribution in [1.82, 2.24) is 15.8 Å². The van der Waals surface area contributed by atoms with Gasteiger partial charge in [-0.15, -0.1) is 0 Å².